The predicted octanol–water partition coefficient (Wildman–Crippen LogP) is 2.44. The molecule has 0 heterocycles. The molecule has 0 spiro atoms. The van der Waals surface area contributed by atoms with E-state index in [1.807, 2.05) is 26.8 Å². The smallest absolute Gasteiger partial charge is 0.303 e. The van der Waals surface area contributed by atoms with Gasteiger partial charge >= 0.3 is 23.9 Å². The lowest BCUT2D eigenvalue weighted by Crippen LogP contribution is -2.66. The summed E-state index contributed by atoms with van der Waals surface area (Å²) in [7, 11) is 0. The Morgan fingerprint density at radius 2 is 1.00 bits per heavy atom. The topological polar surface area (TPSA) is 105 Å². The molecule has 30 heavy (non-hydrogen) atoms. The third kappa shape index (κ3) is 5.21. The van der Waals surface area contributed by atoms with Gasteiger partial charge in [-0.3, -0.25) is 19.2 Å². The van der Waals surface area contributed by atoms with E-state index in [1.54, 1.807) is 0 Å². The van der Waals surface area contributed by atoms with Gasteiger partial charge in [-0.2, -0.15) is 0 Å². The average molecular weight is 424 g/mol. The number of carbonyl (C=O) groups is 4. The van der Waals surface area contributed by atoms with Gasteiger partial charge in [0.2, 0.25) is 0 Å². The molecule has 0 radical (unpaired) electrons. The van der Waals surface area contributed by atoms with Crippen LogP contribution in [0.3, 0.4) is 0 Å². The molecule has 168 valence electrons. The first-order chi connectivity index (χ1) is 13.9. The molecule has 0 N–H and O–H groups in total. The quantitative estimate of drug-likeness (QED) is 0.376. The molecule has 0 aliphatic heterocycles. The average Bonchev–Trinajstić information content (AvgIpc) is 2.59. The second-order valence-electron chi connectivity index (χ2n) is 8.52. The zero-order valence-corrected chi connectivity index (χ0v) is 18.6. The molecule has 0 aromatic carbocycles. The molecule has 0 amide bonds. The molecule has 0 aromatic rings. The minimum Gasteiger partial charge on any atom is -0.458 e. The maximum atomic E-state index is 12.0. The fourth-order valence-corrected chi connectivity index (χ4v) is 4.93. The van der Waals surface area contributed by atoms with Crippen molar-refractivity contribution in [3.05, 3.63) is 12.2 Å². The van der Waals surface area contributed by atoms with Crippen LogP contribution in [-0.2, 0) is 38.1 Å². The second kappa shape index (κ2) is 9.62. The largest absolute Gasteiger partial charge is 0.458 e. The van der Waals surface area contributed by atoms with Crippen LogP contribution in [0.4, 0.5) is 0 Å². The fraction of sp³-hybridized carbons (Fsp3) is 0.727. The van der Waals surface area contributed by atoms with Gasteiger partial charge in [-0.15, -0.1) is 0 Å². The molecular weight excluding hydrogens is 392 g/mol. The third-order valence-corrected chi connectivity index (χ3v) is 5.84. The number of rotatable bonds is 5. The number of fused-ring (bicyclic) bond motifs is 1. The molecular formula is C22H32O8. The summed E-state index contributed by atoms with van der Waals surface area (Å²) in [5.74, 6) is -2.79. The highest BCUT2D eigenvalue weighted by molar-refractivity contribution is 5.69. The van der Waals surface area contributed by atoms with E-state index < -0.39 is 48.3 Å². The lowest BCUT2D eigenvalue weighted by Gasteiger charge is -2.54. The Morgan fingerprint density at radius 3 is 1.37 bits per heavy atom. The molecule has 8 nitrogen and oxygen atoms in total. The van der Waals surface area contributed by atoms with Crippen LogP contribution in [0.15, 0.2) is 12.2 Å². The first-order valence-electron chi connectivity index (χ1n) is 10.3. The Labute approximate surface area is 177 Å². The van der Waals surface area contributed by atoms with Gasteiger partial charge in [0, 0.05) is 39.5 Å². The molecule has 1 saturated carbocycles. The number of ether oxygens (including phenoxy) is 4. The van der Waals surface area contributed by atoms with Crippen LogP contribution < -0.4 is 0 Å². The molecule has 1 fully saturated rings. The summed E-state index contributed by atoms with van der Waals surface area (Å²) < 4.78 is 22.4. The van der Waals surface area contributed by atoms with Crippen molar-refractivity contribution < 1.29 is 38.1 Å². The Hall–Kier alpha value is -2.38. The van der Waals surface area contributed by atoms with Gasteiger partial charge in [0.1, 0.15) is 12.2 Å². The summed E-state index contributed by atoms with van der Waals surface area (Å²) in [6.07, 6.45) is 0.225. The lowest BCUT2D eigenvalue weighted by molar-refractivity contribution is -0.239. The van der Waals surface area contributed by atoms with Gasteiger partial charge in [0.15, 0.2) is 12.2 Å². The van der Waals surface area contributed by atoms with Crippen LogP contribution in [0.2, 0.25) is 0 Å². The van der Waals surface area contributed by atoms with Crippen molar-refractivity contribution in [3.63, 3.8) is 0 Å². The third-order valence-electron chi connectivity index (χ3n) is 5.84. The zero-order valence-electron chi connectivity index (χ0n) is 18.6. The molecule has 2 aliphatic carbocycles. The van der Waals surface area contributed by atoms with Crippen molar-refractivity contribution in [2.45, 2.75) is 72.9 Å². The highest BCUT2D eigenvalue weighted by Crippen LogP contribution is 2.49. The second-order valence-corrected chi connectivity index (χ2v) is 8.52. The molecule has 8 heteroatoms. The van der Waals surface area contributed by atoms with Gasteiger partial charge < -0.3 is 18.9 Å². The summed E-state index contributed by atoms with van der Waals surface area (Å²) in [6, 6.07) is 0. The number of hydrogen-bond acceptors (Lipinski definition) is 8. The summed E-state index contributed by atoms with van der Waals surface area (Å²) >= 11 is 0. The number of hydrogen-bond donors (Lipinski definition) is 0. The van der Waals surface area contributed by atoms with Crippen molar-refractivity contribution in [2.24, 2.45) is 29.6 Å². The Bertz CT molecular complexity index is 712. The molecule has 0 saturated heterocycles. The fourth-order valence-electron chi connectivity index (χ4n) is 4.93. The van der Waals surface area contributed by atoms with Crippen LogP contribution >= 0.6 is 0 Å². The van der Waals surface area contributed by atoms with Gasteiger partial charge in [0.25, 0.3) is 0 Å². The van der Waals surface area contributed by atoms with E-state index in [9.17, 15) is 19.2 Å². The zero-order chi connectivity index (χ0) is 22.7. The normalized spacial score (nSPS) is 35.2. The van der Waals surface area contributed by atoms with Crippen LogP contribution in [0, 0.1) is 29.6 Å². The molecule has 2 aliphatic rings. The van der Waals surface area contributed by atoms with Crippen molar-refractivity contribution >= 4 is 23.9 Å². The maximum absolute atomic E-state index is 12.0. The Morgan fingerprint density at radius 1 is 0.633 bits per heavy atom. The van der Waals surface area contributed by atoms with Crippen LogP contribution in [0.1, 0.15) is 48.5 Å². The van der Waals surface area contributed by atoms with E-state index >= 15 is 0 Å². The van der Waals surface area contributed by atoms with E-state index in [1.165, 1.54) is 27.7 Å². The predicted molar refractivity (Wildman–Crippen MR) is 106 cm³/mol. The van der Waals surface area contributed by atoms with Gasteiger partial charge in [-0.05, 0) is 17.8 Å². The van der Waals surface area contributed by atoms with Gasteiger partial charge in [-0.25, -0.2) is 0 Å². The van der Waals surface area contributed by atoms with Crippen LogP contribution in [-0.4, -0.2) is 48.3 Å². The van der Waals surface area contributed by atoms with Crippen molar-refractivity contribution in [1.82, 2.24) is 0 Å². The Balaban J connectivity index is 2.68. The number of esters is 4. The van der Waals surface area contributed by atoms with Gasteiger partial charge in [0.05, 0.1) is 0 Å². The maximum Gasteiger partial charge on any atom is 0.303 e. The van der Waals surface area contributed by atoms with E-state index in [0.717, 1.165) is 0 Å². The van der Waals surface area contributed by atoms with E-state index in [4.69, 9.17) is 18.9 Å². The first kappa shape index (κ1) is 23.9. The monoisotopic (exact) mass is 424 g/mol. The SMILES string of the molecule is CC(=O)OC1C(OC(C)=O)C(OC(C)=O)C2C(C(C)C)C=CC(C)C2C1OC(C)=O. The lowest BCUT2D eigenvalue weighted by atomic mass is 9.58. The standard InChI is InChI=1S/C22H32O8/c1-10(2)16-9-8-11(3)17-18(16)20(28-13(5)24)22(30-15(7)26)21(29-14(6)25)19(17)27-12(4)23/h8-11,16-22H,1-7H3. The highest BCUT2D eigenvalue weighted by atomic mass is 16.6. The minimum absolute atomic E-state index is 0.0232. The molecule has 0 aromatic heterocycles. The van der Waals surface area contributed by atoms with Crippen LogP contribution in [0.5, 0.6) is 0 Å². The van der Waals surface area contributed by atoms with Crippen molar-refractivity contribution in [1.29, 1.82) is 0 Å². The molecule has 0 bridgehead atoms. The van der Waals surface area contributed by atoms with E-state index in [-0.39, 0.29) is 29.6 Å². The minimum atomic E-state index is -1.10. The molecule has 8 atom stereocenters. The highest BCUT2D eigenvalue weighted by Gasteiger charge is 2.60. The number of carbonyl (C=O) groups excluding carboxylic acids is 4. The van der Waals surface area contributed by atoms with Gasteiger partial charge in [-0.1, -0.05) is 32.9 Å². The summed E-state index contributed by atoms with van der Waals surface area (Å²) in [5.41, 5.74) is 0. The Kier molecular flexibility index (Phi) is 7.66. The number of allylic oxidation sites excluding steroid dienone is 2. The summed E-state index contributed by atoms with van der Waals surface area (Å²) in [5, 5.41) is 0. The van der Waals surface area contributed by atoms with Crippen molar-refractivity contribution in [2.75, 3.05) is 0 Å². The van der Waals surface area contributed by atoms with Crippen molar-refractivity contribution in [3.8, 4) is 0 Å². The first-order valence-corrected chi connectivity index (χ1v) is 10.3. The summed E-state index contributed by atoms with van der Waals surface area (Å²) in [4.78, 5) is 47.8. The summed E-state index contributed by atoms with van der Waals surface area (Å²) in [6.45, 7) is 11.1. The molecule has 8 unspecified atom stereocenters. The van der Waals surface area contributed by atoms with E-state index in [0.29, 0.717) is 0 Å². The molecule has 2 rings (SSSR count). The van der Waals surface area contributed by atoms with E-state index in [2.05, 4.69) is 6.08 Å². The van der Waals surface area contributed by atoms with Crippen LogP contribution in [0.25, 0.3) is 0 Å².